The topological polar surface area (TPSA) is 60.8 Å². The van der Waals surface area contributed by atoms with Crippen LogP contribution in [0.5, 0.6) is 0 Å². The third kappa shape index (κ3) is 16.3. The van der Waals surface area contributed by atoms with E-state index in [0.29, 0.717) is 19.5 Å². The molecule has 2 N–H and O–H groups in total. The van der Waals surface area contributed by atoms with Crippen molar-refractivity contribution < 1.29 is 15.0 Å². The van der Waals surface area contributed by atoms with Crippen molar-refractivity contribution in [1.29, 1.82) is 0 Å². The smallest absolute Gasteiger partial charge is 0.222 e. The van der Waals surface area contributed by atoms with E-state index < -0.39 is 0 Å². The predicted octanol–water partition coefficient (Wildman–Crippen LogP) is 4.61. The molecule has 0 aliphatic heterocycles. The van der Waals surface area contributed by atoms with Crippen LogP contribution in [0.15, 0.2) is 24.3 Å². The molecule has 152 valence electrons. The van der Waals surface area contributed by atoms with Gasteiger partial charge in [-0.25, -0.2) is 0 Å². The van der Waals surface area contributed by atoms with Gasteiger partial charge in [-0.1, -0.05) is 63.3 Å². The number of allylic oxidation sites excluding steroid dienone is 4. The standard InChI is InChI=1S/C22H41NO3/c1-2-3-4-5-6-7-8-9-10-11-12-13-14-15-16-17-22(26)23(18-20-24)19-21-25/h6-7,9-10,24-25H,2-5,8,11-21H2,1H3/b7-6+,10-9+. The highest BCUT2D eigenvalue weighted by molar-refractivity contribution is 5.76. The largest absolute Gasteiger partial charge is 0.395 e. The number of carbonyl (C=O) groups is 1. The lowest BCUT2D eigenvalue weighted by molar-refractivity contribution is -0.132. The van der Waals surface area contributed by atoms with Crippen LogP contribution < -0.4 is 0 Å². The highest BCUT2D eigenvalue weighted by Crippen LogP contribution is 2.09. The molecule has 0 saturated heterocycles. The highest BCUT2D eigenvalue weighted by atomic mass is 16.3. The number of unbranched alkanes of at least 4 members (excludes halogenated alkanes) is 8. The van der Waals surface area contributed by atoms with Gasteiger partial charge in [0, 0.05) is 19.5 Å². The number of hydrogen-bond donors (Lipinski definition) is 2. The van der Waals surface area contributed by atoms with Crippen molar-refractivity contribution in [2.45, 2.75) is 84.0 Å². The van der Waals surface area contributed by atoms with Crippen LogP contribution in [-0.4, -0.2) is 47.3 Å². The molecule has 0 bridgehead atoms. The zero-order valence-electron chi connectivity index (χ0n) is 16.9. The molecule has 0 aromatic rings. The van der Waals surface area contributed by atoms with Gasteiger partial charge in [0.15, 0.2) is 0 Å². The first-order valence-electron chi connectivity index (χ1n) is 10.6. The summed E-state index contributed by atoms with van der Waals surface area (Å²) in [6.45, 7) is 2.78. The fourth-order valence-electron chi connectivity index (χ4n) is 2.85. The van der Waals surface area contributed by atoms with E-state index >= 15 is 0 Å². The maximum Gasteiger partial charge on any atom is 0.222 e. The molecule has 0 aromatic carbocycles. The van der Waals surface area contributed by atoms with Gasteiger partial charge in [0.25, 0.3) is 0 Å². The Kier molecular flexibility index (Phi) is 19.3. The van der Waals surface area contributed by atoms with Gasteiger partial charge < -0.3 is 15.1 Å². The van der Waals surface area contributed by atoms with Crippen LogP contribution in [0.2, 0.25) is 0 Å². The van der Waals surface area contributed by atoms with E-state index in [1.54, 1.807) is 4.90 Å². The van der Waals surface area contributed by atoms with Crippen molar-refractivity contribution in [2.75, 3.05) is 26.3 Å². The second-order valence-corrected chi connectivity index (χ2v) is 6.81. The number of hydrogen-bond acceptors (Lipinski definition) is 3. The van der Waals surface area contributed by atoms with Crippen molar-refractivity contribution >= 4 is 5.91 Å². The fraction of sp³-hybridized carbons (Fsp3) is 0.773. The van der Waals surface area contributed by atoms with Crippen LogP contribution >= 0.6 is 0 Å². The first kappa shape index (κ1) is 24.9. The summed E-state index contributed by atoms with van der Waals surface area (Å²) in [6.07, 6.45) is 22.5. The number of amides is 1. The molecule has 0 unspecified atom stereocenters. The summed E-state index contributed by atoms with van der Waals surface area (Å²) in [5.74, 6) is 0.0405. The number of aliphatic hydroxyl groups is 2. The van der Waals surface area contributed by atoms with Gasteiger partial charge in [0.05, 0.1) is 13.2 Å². The molecular weight excluding hydrogens is 326 g/mol. The van der Waals surface area contributed by atoms with Gasteiger partial charge in [-0.2, -0.15) is 0 Å². The fourth-order valence-corrected chi connectivity index (χ4v) is 2.85. The molecule has 0 fully saturated rings. The van der Waals surface area contributed by atoms with Gasteiger partial charge in [-0.15, -0.1) is 0 Å². The lowest BCUT2D eigenvalue weighted by atomic mass is 10.1. The Bertz CT molecular complexity index is 360. The third-order valence-corrected chi connectivity index (χ3v) is 4.43. The maximum atomic E-state index is 11.9. The monoisotopic (exact) mass is 367 g/mol. The molecule has 0 aliphatic carbocycles. The summed E-state index contributed by atoms with van der Waals surface area (Å²) in [5.41, 5.74) is 0. The molecule has 0 aliphatic rings. The maximum absolute atomic E-state index is 11.9. The Morgan fingerprint density at radius 3 is 1.88 bits per heavy atom. The minimum atomic E-state index is -0.0477. The van der Waals surface area contributed by atoms with Crippen LogP contribution in [0, 0.1) is 0 Å². The second kappa shape index (κ2) is 20.2. The number of aliphatic hydroxyl groups excluding tert-OH is 2. The van der Waals surface area contributed by atoms with Gasteiger partial charge >= 0.3 is 0 Å². The van der Waals surface area contributed by atoms with Crippen molar-refractivity contribution in [3.8, 4) is 0 Å². The van der Waals surface area contributed by atoms with Crippen molar-refractivity contribution in [2.24, 2.45) is 0 Å². The molecule has 0 aromatic heterocycles. The van der Waals surface area contributed by atoms with Gasteiger partial charge in [0.1, 0.15) is 0 Å². The van der Waals surface area contributed by atoms with E-state index in [-0.39, 0.29) is 19.1 Å². The average molecular weight is 368 g/mol. The summed E-state index contributed by atoms with van der Waals surface area (Å²) in [7, 11) is 0. The van der Waals surface area contributed by atoms with E-state index in [1.165, 1.54) is 44.9 Å². The Morgan fingerprint density at radius 2 is 1.31 bits per heavy atom. The van der Waals surface area contributed by atoms with E-state index in [1.807, 2.05) is 0 Å². The number of nitrogens with zero attached hydrogens (tertiary/aromatic N) is 1. The van der Waals surface area contributed by atoms with E-state index in [4.69, 9.17) is 10.2 Å². The molecule has 4 nitrogen and oxygen atoms in total. The molecule has 0 rings (SSSR count). The van der Waals surface area contributed by atoms with Crippen LogP contribution in [0.3, 0.4) is 0 Å². The SMILES string of the molecule is CCCCC/C=C/C/C=C/CCCCCCCC(=O)N(CCO)CCO. The van der Waals surface area contributed by atoms with Crippen molar-refractivity contribution in [3.05, 3.63) is 24.3 Å². The van der Waals surface area contributed by atoms with E-state index in [9.17, 15) is 4.79 Å². The highest BCUT2D eigenvalue weighted by Gasteiger charge is 2.11. The van der Waals surface area contributed by atoms with E-state index in [0.717, 1.165) is 25.7 Å². The molecule has 0 atom stereocenters. The van der Waals surface area contributed by atoms with Gasteiger partial charge in [-0.3, -0.25) is 4.79 Å². The average Bonchev–Trinajstić information content (AvgIpc) is 2.64. The summed E-state index contributed by atoms with van der Waals surface area (Å²) < 4.78 is 0. The van der Waals surface area contributed by atoms with Crippen molar-refractivity contribution in [3.63, 3.8) is 0 Å². The lowest BCUT2D eigenvalue weighted by Crippen LogP contribution is -2.35. The summed E-state index contributed by atoms with van der Waals surface area (Å²) in [5, 5.41) is 17.9. The first-order valence-corrected chi connectivity index (χ1v) is 10.6. The molecule has 0 radical (unpaired) electrons. The second-order valence-electron chi connectivity index (χ2n) is 6.81. The lowest BCUT2D eigenvalue weighted by Gasteiger charge is -2.20. The molecule has 1 amide bonds. The predicted molar refractivity (Wildman–Crippen MR) is 110 cm³/mol. The van der Waals surface area contributed by atoms with Crippen LogP contribution in [0.1, 0.15) is 84.0 Å². The van der Waals surface area contributed by atoms with Crippen molar-refractivity contribution in [1.82, 2.24) is 4.90 Å². The zero-order valence-corrected chi connectivity index (χ0v) is 16.9. The summed E-state index contributed by atoms with van der Waals surface area (Å²) in [6, 6.07) is 0. The molecular formula is C22H41NO3. The van der Waals surface area contributed by atoms with E-state index in [2.05, 4.69) is 31.2 Å². The van der Waals surface area contributed by atoms with Crippen LogP contribution in [0.25, 0.3) is 0 Å². The number of carbonyl (C=O) groups excluding carboxylic acids is 1. The Labute approximate surface area is 161 Å². The van der Waals surface area contributed by atoms with Gasteiger partial charge in [0.2, 0.25) is 5.91 Å². The quantitative estimate of drug-likeness (QED) is 0.275. The third-order valence-electron chi connectivity index (χ3n) is 4.43. The summed E-state index contributed by atoms with van der Waals surface area (Å²) in [4.78, 5) is 13.5. The minimum Gasteiger partial charge on any atom is -0.395 e. The molecule has 0 saturated carbocycles. The van der Waals surface area contributed by atoms with Crippen LogP contribution in [0.4, 0.5) is 0 Å². The molecule has 0 spiro atoms. The summed E-state index contributed by atoms with van der Waals surface area (Å²) >= 11 is 0. The first-order chi connectivity index (χ1) is 12.8. The molecule has 0 heterocycles. The van der Waals surface area contributed by atoms with Gasteiger partial charge in [-0.05, 0) is 38.5 Å². The number of rotatable bonds is 18. The Balaban J connectivity index is 3.47. The van der Waals surface area contributed by atoms with Crippen LogP contribution in [-0.2, 0) is 4.79 Å². The Morgan fingerprint density at radius 1 is 0.769 bits per heavy atom. The zero-order chi connectivity index (χ0) is 19.3. The normalized spacial score (nSPS) is 11.7. The molecule has 26 heavy (non-hydrogen) atoms. The Hall–Kier alpha value is -1.13. The minimum absolute atomic E-state index is 0.0405. The molecule has 4 heteroatoms.